The molecule has 0 unspecified atom stereocenters. The van der Waals surface area contributed by atoms with Crippen LogP contribution in [0.25, 0.3) is 0 Å². The zero-order chi connectivity index (χ0) is 14.0. The van der Waals surface area contributed by atoms with E-state index in [1.165, 1.54) is 6.20 Å². The minimum absolute atomic E-state index is 0.158. The van der Waals surface area contributed by atoms with Gasteiger partial charge in [-0.2, -0.15) is 0 Å². The Balaban J connectivity index is 2.35. The quantitative estimate of drug-likeness (QED) is 0.777. The van der Waals surface area contributed by atoms with Gasteiger partial charge in [-0.1, -0.05) is 6.92 Å². The van der Waals surface area contributed by atoms with Crippen molar-refractivity contribution < 1.29 is 12.8 Å². The van der Waals surface area contributed by atoms with Crippen molar-refractivity contribution in [3.63, 3.8) is 0 Å². The Bertz CT molecular complexity index is 677. The van der Waals surface area contributed by atoms with E-state index in [1.807, 2.05) is 6.92 Å². The van der Waals surface area contributed by atoms with Crippen LogP contribution in [0.1, 0.15) is 31.0 Å². The van der Waals surface area contributed by atoms with Crippen LogP contribution in [-0.4, -0.2) is 28.2 Å². The summed E-state index contributed by atoms with van der Waals surface area (Å²) >= 11 is 0. The predicted octanol–water partition coefficient (Wildman–Crippen LogP) is 1.50. The van der Waals surface area contributed by atoms with Gasteiger partial charge in [0.2, 0.25) is 11.8 Å². The SMILES string of the molecule is CCCc1nc(S(=O)(=O)Cl)cn1Cc1nnc(C)o1. The van der Waals surface area contributed by atoms with Crippen LogP contribution < -0.4 is 0 Å². The second-order valence-electron chi connectivity index (χ2n) is 4.03. The van der Waals surface area contributed by atoms with Crippen LogP contribution >= 0.6 is 10.7 Å². The first-order valence-corrected chi connectivity index (χ1v) is 8.00. The fraction of sp³-hybridized carbons (Fsp3) is 0.500. The predicted molar refractivity (Wildman–Crippen MR) is 67.4 cm³/mol. The third-order valence-corrected chi connectivity index (χ3v) is 3.60. The van der Waals surface area contributed by atoms with Crippen LogP contribution in [-0.2, 0) is 22.0 Å². The van der Waals surface area contributed by atoms with E-state index in [0.717, 1.165) is 6.42 Å². The molecule has 2 aromatic heterocycles. The lowest BCUT2D eigenvalue weighted by Gasteiger charge is -2.02. The minimum atomic E-state index is -3.84. The molecule has 0 aliphatic rings. The molecule has 0 aromatic carbocycles. The van der Waals surface area contributed by atoms with Crippen molar-refractivity contribution in [1.29, 1.82) is 0 Å². The van der Waals surface area contributed by atoms with Crippen LogP contribution in [0.5, 0.6) is 0 Å². The van der Waals surface area contributed by atoms with Gasteiger partial charge in [-0.3, -0.25) is 0 Å². The normalized spacial score (nSPS) is 11.9. The first-order chi connectivity index (χ1) is 8.90. The second-order valence-corrected chi connectivity index (χ2v) is 6.54. The molecule has 0 aliphatic carbocycles. The maximum atomic E-state index is 11.3. The van der Waals surface area contributed by atoms with E-state index in [-0.39, 0.29) is 11.6 Å². The third-order valence-electron chi connectivity index (χ3n) is 2.43. The van der Waals surface area contributed by atoms with Crippen molar-refractivity contribution in [2.75, 3.05) is 0 Å². The molecule has 0 saturated heterocycles. The van der Waals surface area contributed by atoms with Crippen molar-refractivity contribution in [3.8, 4) is 0 Å². The number of imidazole rings is 1. The summed E-state index contributed by atoms with van der Waals surface area (Å²) in [5.41, 5.74) is 0. The highest BCUT2D eigenvalue weighted by atomic mass is 35.7. The molecule has 0 atom stereocenters. The Kier molecular flexibility index (Phi) is 3.91. The maximum Gasteiger partial charge on any atom is 0.280 e. The first-order valence-electron chi connectivity index (χ1n) is 5.70. The summed E-state index contributed by atoms with van der Waals surface area (Å²) in [6, 6.07) is 0. The van der Waals surface area contributed by atoms with Gasteiger partial charge in [0.1, 0.15) is 12.4 Å². The maximum absolute atomic E-state index is 11.3. The smallest absolute Gasteiger partial charge is 0.280 e. The lowest BCUT2D eigenvalue weighted by Crippen LogP contribution is -2.04. The molecular weight excluding hydrogens is 292 g/mol. The van der Waals surface area contributed by atoms with Gasteiger partial charge in [-0.25, -0.2) is 13.4 Å². The summed E-state index contributed by atoms with van der Waals surface area (Å²) in [5.74, 6) is 1.47. The van der Waals surface area contributed by atoms with Crippen LogP contribution in [0, 0.1) is 6.92 Å². The molecule has 0 spiro atoms. The highest BCUT2D eigenvalue weighted by Gasteiger charge is 2.18. The topological polar surface area (TPSA) is 90.9 Å². The van der Waals surface area contributed by atoms with E-state index in [1.54, 1.807) is 11.5 Å². The third kappa shape index (κ3) is 3.32. The Labute approximate surface area is 115 Å². The molecule has 0 saturated carbocycles. The molecule has 9 heteroatoms. The van der Waals surface area contributed by atoms with E-state index < -0.39 is 9.05 Å². The van der Waals surface area contributed by atoms with E-state index in [9.17, 15) is 8.42 Å². The molecule has 2 heterocycles. The molecule has 7 nitrogen and oxygen atoms in total. The molecule has 2 aromatic rings. The van der Waals surface area contributed by atoms with Crippen molar-refractivity contribution in [2.24, 2.45) is 0 Å². The summed E-state index contributed by atoms with van der Waals surface area (Å²) in [7, 11) is 1.46. The number of rotatable bonds is 5. The molecule has 0 aliphatic heterocycles. The Morgan fingerprint density at radius 2 is 2.16 bits per heavy atom. The monoisotopic (exact) mass is 304 g/mol. The molecule has 0 bridgehead atoms. The summed E-state index contributed by atoms with van der Waals surface area (Å²) in [6.07, 6.45) is 2.86. The molecule has 19 heavy (non-hydrogen) atoms. The molecule has 0 amide bonds. The zero-order valence-electron chi connectivity index (χ0n) is 10.5. The van der Waals surface area contributed by atoms with Crippen LogP contribution in [0.3, 0.4) is 0 Å². The number of aromatic nitrogens is 4. The van der Waals surface area contributed by atoms with Crippen molar-refractivity contribution in [2.45, 2.75) is 38.3 Å². The van der Waals surface area contributed by atoms with Gasteiger partial charge < -0.3 is 8.98 Å². The summed E-state index contributed by atoms with van der Waals surface area (Å²) < 4.78 is 29.5. The number of hydrogen-bond acceptors (Lipinski definition) is 6. The molecule has 2 rings (SSSR count). The average Bonchev–Trinajstić information content (AvgIpc) is 2.87. The van der Waals surface area contributed by atoms with Gasteiger partial charge in [-0.15, -0.1) is 10.2 Å². The van der Waals surface area contributed by atoms with Gasteiger partial charge in [0.15, 0.2) is 5.03 Å². The average molecular weight is 305 g/mol. The fourth-order valence-corrected chi connectivity index (χ4v) is 2.34. The number of halogens is 1. The Morgan fingerprint density at radius 1 is 1.42 bits per heavy atom. The van der Waals surface area contributed by atoms with Gasteiger partial charge in [0, 0.05) is 30.2 Å². The van der Waals surface area contributed by atoms with Crippen LogP contribution in [0.4, 0.5) is 0 Å². The molecule has 104 valence electrons. The molecule has 0 radical (unpaired) electrons. The van der Waals surface area contributed by atoms with E-state index in [0.29, 0.717) is 24.0 Å². The number of hydrogen-bond donors (Lipinski definition) is 0. The number of nitrogens with zero attached hydrogens (tertiary/aromatic N) is 4. The Hall–Kier alpha value is -1.41. The zero-order valence-corrected chi connectivity index (χ0v) is 12.1. The van der Waals surface area contributed by atoms with Crippen LogP contribution in [0.15, 0.2) is 15.6 Å². The highest BCUT2D eigenvalue weighted by Crippen LogP contribution is 2.16. The highest BCUT2D eigenvalue weighted by molar-refractivity contribution is 8.13. The van der Waals surface area contributed by atoms with Gasteiger partial charge >= 0.3 is 0 Å². The summed E-state index contributed by atoms with van der Waals surface area (Å²) in [5, 5.41) is 7.43. The van der Waals surface area contributed by atoms with Gasteiger partial charge in [0.25, 0.3) is 9.05 Å². The van der Waals surface area contributed by atoms with Gasteiger partial charge in [0.05, 0.1) is 0 Å². The second kappa shape index (κ2) is 5.30. The van der Waals surface area contributed by atoms with Crippen molar-refractivity contribution in [3.05, 3.63) is 23.8 Å². The first kappa shape index (κ1) is 14.0. The lowest BCUT2D eigenvalue weighted by atomic mass is 10.3. The number of aryl methyl sites for hydroxylation is 2. The van der Waals surface area contributed by atoms with Crippen molar-refractivity contribution in [1.82, 2.24) is 19.7 Å². The van der Waals surface area contributed by atoms with E-state index in [2.05, 4.69) is 15.2 Å². The minimum Gasteiger partial charge on any atom is -0.424 e. The summed E-state index contributed by atoms with van der Waals surface area (Å²) in [6.45, 7) is 3.94. The summed E-state index contributed by atoms with van der Waals surface area (Å²) in [4.78, 5) is 4.03. The standard InChI is InChI=1S/C10H13ClN4O3S/c1-3-4-8-12-10(19(11,16)17)6-15(8)5-9-14-13-7(2)18-9/h6H,3-5H2,1-2H3. The molecular formula is C10H13ClN4O3S. The van der Waals surface area contributed by atoms with E-state index in [4.69, 9.17) is 15.1 Å². The lowest BCUT2D eigenvalue weighted by molar-refractivity contribution is 0.450. The van der Waals surface area contributed by atoms with Crippen LogP contribution in [0.2, 0.25) is 0 Å². The molecule has 0 N–H and O–H groups in total. The van der Waals surface area contributed by atoms with Gasteiger partial charge in [-0.05, 0) is 6.42 Å². The Morgan fingerprint density at radius 3 is 2.68 bits per heavy atom. The largest absolute Gasteiger partial charge is 0.424 e. The van der Waals surface area contributed by atoms with Crippen molar-refractivity contribution >= 4 is 19.7 Å². The van der Waals surface area contributed by atoms with E-state index >= 15 is 0 Å². The fourth-order valence-electron chi connectivity index (χ4n) is 1.65. The molecule has 0 fully saturated rings.